The van der Waals surface area contributed by atoms with Crippen LogP contribution in [0, 0.1) is 5.92 Å². The molecule has 0 bridgehead atoms. The number of allylic oxidation sites excluding steroid dienone is 2. The molecule has 1 atom stereocenters. The first-order valence-electron chi connectivity index (χ1n) is 5.17. The summed E-state index contributed by atoms with van der Waals surface area (Å²) in [6.07, 6.45) is 5.28. The predicted octanol–water partition coefficient (Wildman–Crippen LogP) is 3.60. The minimum atomic E-state index is 0.645. The third kappa shape index (κ3) is 1.05. The van der Waals surface area contributed by atoms with Crippen LogP contribution < -0.4 is 0 Å². The molecule has 2 aliphatic carbocycles. The molecule has 0 heterocycles. The molecule has 1 aromatic carbocycles. The number of rotatable bonds is 1. The van der Waals surface area contributed by atoms with Crippen LogP contribution in [0.5, 0.6) is 0 Å². The lowest BCUT2D eigenvalue weighted by molar-refractivity contribution is 0.989. The normalized spacial score (nSPS) is 25.6. The average Bonchev–Trinajstić information content (AvgIpc) is 2.94. The van der Waals surface area contributed by atoms with Gasteiger partial charge in [-0.2, -0.15) is 0 Å². The highest BCUT2D eigenvalue weighted by molar-refractivity contribution is 5.77. The van der Waals surface area contributed by atoms with E-state index in [-0.39, 0.29) is 0 Å². The van der Waals surface area contributed by atoms with Crippen molar-refractivity contribution in [1.82, 2.24) is 0 Å². The van der Waals surface area contributed by atoms with E-state index in [9.17, 15) is 0 Å². The Hall–Kier alpha value is -1.04. The molecule has 66 valence electrons. The molecule has 0 aliphatic heterocycles. The van der Waals surface area contributed by atoms with Crippen molar-refractivity contribution >= 4 is 5.57 Å². The van der Waals surface area contributed by atoms with E-state index < -0.39 is 0 Å². The molecule has 1 aromatic rings. The molecule has 2 aliphatic rings. The SMILES string of the molecule is CC1C=C(C2CC2)c2ccccc21. The Morgan fingerprint density at radius 2 is 1.92 bits per heavy atom. The average molecular weight is 170 g/mol. The Balaban J connectivity index is 2.12. The Kier molecular flexibility index (Phi) is 1.40. The molecule has 0 aromatic heterocycles. The lowest BCUT2D eigenvalue weighted by Crippen LogP contribution is -1.86. The Bertz CT molecular complexity index is 369. The van der Waals surface area contributed by atoms with Crippen molar-refractivity contribution < 1.29 is 0 Å². The van der Waals surface area contributed by atoms with E-state index in [1.54, 1.807) is 5.57 Å². The number of fused-ring (bicyclic) bond motifs is 1. The number of hydrogen-bond donors (Lipinski definition) is 0. The summed E-state index contributed by atoms with van der Waals surface area (Å²) in [5, 5.41) is 0. The Morgan fingerprint density at radius 1 is 1.15 bits per heavy atom. The van der Waals surface area contributed by atoms with Gasteiger partial charge in [-0.1, -0.05) is 37.3 Å². The molecule has 0 amide bonds. The van der Waals surface area contributed by atoms with Crippen LogP contribution >= 0.6 is 0 Å². The van der Waals surface area contributed by atoms with Crippen molar-refractivity contribution in [3.05, 3.63) is 41.5 Å². The minimum Gasteiger partial charge on any atom is -0.0732 e. The van der Waals surface area contributed by atoms with Gasteiger partial charge in [-0.05, 0) is 35.5 Å². The quantitative estimate of drug-likeness (QED) is 0.604. The van der Waals surface area contributed by atoms with Gasteiger partial charge in [0.2, 0.25) is 0 Å². The van der Waals surface area contributed by atoms with E-state index in [1.807, 2.05) is 0 Å². The molecule has 0 saturated heterocycles. The van der Waals surface area contributed by atoms with Crippen LogP contribution in [0.25, 0.3) is 5.57 Å². The van der Waals surface area contributed by atoms with Crippen LogP contribution in [0.3, 0.4) is 0 Å². The molecule has 1 fully saturated rings. The lowest BCUT2D eigenvalue weighted by atomic mass is 10.0. The summed E-state index contributed by atoms with van der Waals surface area (Å²) < 4.78 is 0. The maximum Gasteiger partial charge on any atom is 0.000173 e. The van der Waals surface area contributed by atoms with Gasteiger partial charge in [0.1, 0.15) is 0 Å². The van der Waals surface area contributed by atoms with Crippen molar-refractivity contribution in [2.75, 3.05) is 0 Å². The first-order chi connectivity index (χ1) is 6.36. The van der Waals surface area contributed by atoms with Crippen molar-refractivity contribution in [3.8, 4) is 0 Å². The third-order valence-electron chi connectivity index (χ3n) is 3.21. The van der Waals surface area contributed by atoms with Gasteiger partial charge in [0, 0.05) is 5.92 Å². The Labute approximate surface area is 79.3 Å². The smallest absolute Gasteiger partial charge is 0.000173 e. The molecule has 0 spiro atoms. The third-order valence-corrected chi connectivity index (χ3v) is 3.21. The summed E-state index contributed by atoms with van der Waals surface area (Å²) >= 11 is 0. The van der Waals surface area contributed by atoms with Crippen molar-refractivity contribution in [1.29, 1.82) is 0 Å². The van der Waals surface area contributed by atoms with Crippen LogP contribution in [-0.2, 0) is 0 Å². The van der Waals surface area contributed by atoms with Gasteiger partial charge in [-0.15, -0.1) is 0 Å². The largest absolute Gasteiger partial charge is 0.0732 e. The van der Waals surface area contributed by atoms with E-state index in [2.05, 4.69) is 37.3 Å². The van der Waals surface area contributed by atoms with E-state index >= 15 is 0 Å². The van der Waals surface area contributed by atoms with E-state index in [1.165, 1.54) is 24.0 Å². The zero-order valence-corrected chi connectivity index (χ0v) is 7.96. The second-order valence-electron chi connectivity index (χ2n) is 4.27. The molecular formula is C13H14. The van der Waals surface area contributed by atoms with Crippen molar-refractivity contribution in [3.63, 3.8) is 0 Å². The first-order valence-corrected chi connectivity index (χ1v) is 5.17. The van der Waals surface area contributed by atoms with Crippen molar-refractivity contribution in [2.24, 2.45) is 5.92 Å². The first kappa shape index (κ1) is 7.37. The summed E-state index contributed by atoms with van der Waals surface area (Å²) in [5.74, 6) is 1.54. The topological polar surface area (TPSA) is 0 Å². The summed E-state index contributed by atoms with van der Waals surface area (Å²) in [6, 6.07) is 8.86. The zero-order chi connectivity index (χ0) is 8.84. The van der Waals surface area contributed by atoms with Crippen LogP contribution in [0.1, 0.15) is 36.8 Å². The van der Waals surface area contributed by atoms with E-state index in [0.717, 1.165) is 5.92 Å². The highest BCUT2D eigenvalue weighted by Gasteiger charge is 2.31. The summed E-state index contributed by atoms with van der Waals surface area (Å²) in [5.41, 5.74) is 4.69. The van der Waals surface area contributed by atoms with Gasteiger partial charge in [0.05, 0.1) is 0 Å². The number of hydrogen-bond acceptors (Lipinski definition) is 0. The second kappa shape index (κ2) is 2.47. The predicted molar refractivity (Wildman–Crippen MR) is 55.6 cm³/mol. The van der Waals surface area contributed by atoms with Crippen molar-refractivity contribution in [2.45, 2.75) is 25.7 Å². The monoisotopic (exact) mass is 170 g/mol. The Morgan fingerprint density at radius 3 is 2.69 bits per heavy atom. The molecule has 0 radical (unpaired) electrons. The van der Waals surface area contributed by atoms with E-state index in [0.29, 0.717) is 5.92 Å². The molecule has 1 saturated carbocycles. The van der Waals surface area contributed by atoms with Gasteiger partial charge in [0.15, 0.2) is 0 Å². The minimum absolute atomic E-state index is 0.645. The van der Waals surface area contributed by atoms with Crippen LogP contribution in [0.15, 0.2) is 30.3 Å². The molecule has 13 heavy (non-hydrogen) atoms. The molecule has 0 heteroatoms. The molecule has 3 rings (SSSR count). The molecule has 0 N–H and O–H groups in total. The maximum absolute atomic E-state index is 2.46. The van der Waals surface area contributed by atoms with Gasteiger partial charge in [-0.25, -0.2) is 0 Å². The molecule has 0 nitrogen and oxygen atoms in total. The van der Waals surface area contributed by atoms with Crippen LogP contribution in [0.4, 0.5) is 0 Å². The van der Waals surface area contributed by atoms with Gasteiger partial charge in [0.25, 0.3) is 0 Å². The lowest BCUT2D eigenvalue weighted by Gasteiger charge is -2.04. The molecule has 1 unspecified atom stereocenters. The highest BCUT2D eigenvalue weighted by Crippen LogP contribution is 2.48. The van der Waals surface area contributed by atoms with E-state index in [4.69, 9.17) is 0 Å². The summed E-state index contributed by atoms with van der Waals surface area (Å²) in [7, 11) is 0. The maximum atomic E-state index is 2.46. The molecular weight excluding hydrogens is 156 g/mol. The zero-order valence-electron chi connectivity index (χ0n) is 7.96. The fraction of sp³-hybridized carbons (Fsp3) is 0.385. The van der Waals surface area contributed by atoms with Crippen LogP contribution in [-0.4, -0.2) is 0 Å². The van der Waals surface area contributed by atoms with Gasteiger partial charge in [-0.3, -0.25) is 0 Å². The fourth-order valence-electron chi connectivity index (χ4n) is 2.36. The standard InChI is InChI=1S/C13H14/c1-9-8-13(10-6-7-10)12-5-3-2-4-11(9)12/h2-5,8-10H,6-7H2,1H3. The fourth-order valence-corrected chi connectivity index (χ4v) is 2.36. The second-order valence-corrected chi connectivity index (χ2v) is 4.27. The number of benzene rings is 1. The van der Waals surface area contributed by atoms with Gasteiger partial charge < -0.3 is 0 Å². The van der Waals surface area contributed by atoms with Gasteiger partial charge >= 0.3 is 0 Å². The summed E-state index contributed by atoms with van der Waals surface area (Å²) in [4.78, 5) is 0. The van der Waals surface area contributed by atoms with Crippen LogP contribution in [0.2, 0.25) is 0 Å². The summed E-state index contributed by atoms with van der Waals surface area (Å²) in [6.45, 7) is 2.30. The highest BCUT2D eigenvalue weighted by atomic mass is 14.4.